The Morgan fingerprint density at radius 3 is 2.52 bits per heavy atom. The Morgan fingerprint density at radius 1 is 1.26 bits per heavy atom. The van der Waals surface area contributed by atoms with Crippen molar-refractivity contribution in [3.8, 4) is 0 Å². The van der Waals surface area contributed by atoms with Crippen LogP contribution >= 0.6 is 12.4 Å². The van der Waals surface area contributed by atoms with Crippen molar-refractivity contribution < 1.29 is 14.0 Å². The summed E-state index contributed by atoms with van der Waals surface area (Å²) in [6.45, 7) is 1.09. The van der Waals surface area contributed by atoms with Crippen molar-refractivity contribution in [2.75, 3.05) is 18.4 Å². The zero-order chi connectivity index (χ0) is 15.7. The van der Waals surface area contributed by atoms with Gasteiger partial charge in [0.25, 0.3) is 0 Å². The quantitative estimate of drug-likeness (QED) is 0.777. The van der Waals surface area contributed by atoms with Gasteiger partial charge in [0.1, 0.15) is 5.82 Å². The van der Waals surface area contributed by atoms with Gasteiger partial charge in [-0.25, -0.2) is 9.18 Å². The van der Waals surface area contributed by atoms with Crippen LogP contribution in [0.1, 0.15) is 19.3 Å². The third-order valence-electron chi connectivity index (χ3n) is 4.13. The largest absolute Gasteiger partial charge is 0.339 e. The number of nitrogens with one attached hydrogen (secondary N) is 2. The molecule has 0 spiro atoms. The lowest BCUT2D eigenvalue weighted by atomic mass is 10.2. The number of carbonyl (C=O) groups excluding carboxylic acids is 2. The van der Waals surface area contributed by atoms with Crippen molar-refractivity contribution in [2.45, 2.75) is 30.8 Å². The van der Waals surface area contributed by atoms with E-state index in [1.54, 1.807) is 4.90 Å². The van der Waals surface area contributed by atoms with Gasteiger partial charge in [-0.15, -0.1) is 12.4 Å². The Bertz CT molecular complexity index is 592. The molecule has 0 bridgehead atoms. The van der Waals surface area contributed by atoms with Crippen molar-refractivity contribution >= 4 is 30.0 Å². The lowest BCUT2D eigenvalue weighted by Crippen LogP contribution is -2.46. The molecule has 23 heavy (non-hydrogen) atoms. The third-order valence-corrected chi connectivity index (χ3v) is 4.13. The summed E-state index contributed by atoms with van der Waals surface area (Å²) in [7, 11) is 0. The van der Waals surface area contributed by atoms with Crippen molar-refractivity contribution in [1.29, 1.82) is 0 Å². The highest BCUT2D eigenvalue weighted by Crippen LogP contribution is 2.35. The van der Waals surface area contributed by atoms with Gasteiger partial charge in [0, 0.05) is 24.8 Å². The molecule has 0 aromatic heterocycles. The first-order chi connectivity index (χ1) is 10.5. The molecule has 4 N–H and O–H groups in total. The second-order valence-corrected chi connectivity index (χ2v) is 6.00. The molecule has 8 heteroatoms. The lowest BCUT2D eigenvalue weighted by molar-refractivity contribution is -0.132. The number of nitrogens with two attached hydrogens (primary N) is 1. The summed E-state index contributed by atoms with van der Waals surface area (Å²) in [4.78, 5) is 25.7. The molecule has 3 amide bonds. The zero-order valence-electron chi connectivity index (χ0n) is 12.5. The second kappa shape index (κ2) is 6.72. The molecule has 126 valence electrons. The number of nitrogens with zero attached hydrogens (tertiary/aromatic N) is 1. The van der Waals surface area contributed by atoms with Crippen molar-refractivity contribution in [3.63, 3.8) is 0 Å². The highest BCUT2D eigenvalue weighted by atomic mass is 35.5. The molecule has 0 radical (unpaired) electrons. The highest BCUT2D eigenvalue weighted by Gasteiger charge is 2.49. The van der Waals surface area contributed by atoms with Crippen molar-refractivity contribution in [2.24, 2.45) is 5.73 Å². The van der Waals surface area contributed by atoms with E-state index in [4.69, 9.17) is 5.73 Å². The van der Waals surface area contributed by atoms with Gasteiger partial charge in [-0.2, -0.15) is 0 Å². The molecule has 3 rings (SSSR count). The number of halogens is 2. The first-order valence-electron chi connectivity index (χ1n) is 7.38. The first kappa shape index (κ1) is 17.5. The van der Waals surface area contributed by atoms with Gasteiger partial charge in [-0.1, -0.05) is 0 Å². The topological polar surface area (TPSA) is 87.5 Å². The van der Waals surface area contributed by atoms with E-state index in [1.807, 2.05) is 0 Å². The summed E-state index contributed by atoms with van der Waals surface area (Å²) >= 11 is 0. The van der Waals surface area contributed by atoms with E-state index in [9.17, 15) is 14.0 Å². The van der Waals surface area contributed by atoms with Crippen LogP contribution in [0, 0.1) is 5.82 Å². The Hall–Kier alpha value is -1.86. The maximum atomic E-state index is 12.8. The zero-order valence-corrected chi connectivity index (χ0v) is 13.4. The number of benzene rings is 1. The Balaban J connectivity index is 0.00000192. The summed E-state index contributed by atoms with van der Waals surface area (Å²) < 4.78 is 12.8. The minimum absolute atomic E-state index is 0. The highest BCUT2D eigenvalue weighted by molar-refractivity contribution is 5.90. The SMILES string of the molecule is Cl.NC1(C(=O)N2CCC(NC(=O)Nc3ccc(F)cc3)C2)CC1. The van der Waals surface area contributed by atoms with Crippen molar-refractivity contribution in [3.05, 3.63) is 30.1 Å². The van der Waals surface area contributed by atoms with Gasteiger partial charge in [-0.05, 0) is 43.5 Å². The predicted molar refractivity (Wildman–Crippen MR) is 86.9 cm³/mol. The number of urea groups is 1. The number of anilines is 1. The van der Waals surface area contributed by atoms with Gasteiger partial charge in [0.15, 0.2) is 0 Å². The van der Waals surface area contributed by atoms with Crippen LogP contribution in [0.2, 0.25) is 0 Å². The van der Waals surface area contributed by atoms with E-state index in [1.165, 1.54) is 24.3 Å². The first-order valence-corrected chi connectivity index (χ1v) is 7.38. The second-order valence-electron chi connectivity index (χ2n) is 6.00. The van der Waals surface area contributed by atoms with E-state index in [0.717, 1.165) is 12.8 Å². The Morgan fingerprint density at radius 2 is 1.91 bits per heavy atom. The Labute approximate surface area is 140 Å². The molecule has 1 saturated heterocycles. The smallest absolute Gasteiger partial charge is 0.319 e. The van der Waals surface area contributed by atoms with Crippen LogP contribution in [0.3, 0.4) is 0 Å². The van der Waals surface area contributed by atoms with E-state index in [0.29, 0.717) is 25.2 Å². The Kier molecular flexibility index (Phi) is 5.11. The fourth-order valence-corrected chi connectivity index (χ4v) is 2.61. The number of amides is 3. The molecule has 1 unspecified atom stereocenters. The van der Waals surface area contributed by atoms with Crippen molar-refractivity contribution in [1.82, 2.24) is 10.2 Å². The summed E-state index contributed by atoms with van der Waals surface area (Å²) in [5, 5.41) is 5.46. The van der Waals surface area contributed by atoms with Gasteiger partial charge in [0.05, 0.1) is 5.54 Å². The minimum atomic E-state index is -0.661. The normalized spacial score (nSPS) is 21.3. The molecule has 6 nitrogen and oxygen atoms in total. The predicted octanol–water partition coefficient (Wildman–Crippen LogP) is 1.46. The maximum absolute atomic E-state index is 12.8. The molecule has 1 aromatic rings. The fourth-order valence-electron chi connectivity index (χ4n) is 2.61. The molecule has 1 aliphatic carbocycles. The van der Waals surface area contributed by atoms with Gasteiger partial charge < -0.3 is 21.3 Å². The van der Waals surface area contributed by atoms with Gasteiger partial charge in [0.2, 0.25) is 5.91 Å². The average molecular weight is 343 g/mol. The molecule has 2 aliphatic rings. The number of likely N-dealkylation sites (tertiary alicyclic amines) is 1. The lowest BCUT2D eigenvalue weighted by Gasteiger charge is -2.20. The number of hydrogen-bond donors (Lipinski definition) is 3. The van der Waals surface area contributed by atoms with E-state index >= 15 is 0 Å². The van der Waals surface area contributed by atoms with Crippen LogP contribution in [0.25, 0.3) is 0 Å². The average Bonchev–Trinajstić information content (AvgIpc) is 3.07. The summed E-state index contributed by atoms with van der Waals surface area (Å²) in [5.41, 5.74) is 5.77. The molecule has 1 aromatic carbocycles. The van der Waals surface area contributed by atoms with Crippen LogP contribution in [-0.2, 0) is 4.79 Å². The molecule has 2 fully saturated rings. The standard InChI is InChI=1S/C15H19FN4O2.ClH/c16-10-1-3-11(4-2-10)18-14(22)19-12-5-8-20(9-12)13(21)15(17)6-7-15;/h1-4,12H,5-9,17H2,(H2,18,19,22);1H. The number of hydrogen-bond acceptors (Lipinski definition) is 3. The molecular formula is C15H20ClFN4O2. The molecular weight excluding hydrogens is 323 g/mol. The van der Waals surface area contributed by atoms with Crippen LogP contribution < -0.4 is 16.4 Å². The maximum Gasteiger partial charge on any atom is 0.319 e. The molecule has 1 aliphatic heterocycles. The summed E-state index contributed by atoms with van der Waals surface area (Å²) in [6, 6.07) is 5.09. The fraction of sp³-hybridized carbons (Fsp3) is 0.467. The number of rotatable bonds is 3. The summed E-state index contributed by atoms with van der Waals surface area (Å²) in [5.74, 6) is -0.373. The van der Waals surface area contributed by atoms with Crippen LogP contribution in [-0.4, -0.2) is 41.5 Å². The van der Waals surface area contributed by atoms with Gasteiger partial charge in [-0.3, -0.25) is 4.79 Å². The van der Waals surface area contributed by atoms with E-state index < -0.39 is 5.54 Å². The monoisotopic (exact) mass is 342 g/mol. The minimum Gasteiger partial charge on any atom is -0.339 e. The summed E-state index contributed by atoms with van der Waals surface area (Å²) in [6.07, 6.45) is 2.19. The molecule has 1 saturated carbocycles. The van der Waals surface area contributed by atoms with Gasteiger partial charge >= 0.3 is 6.03 Å². The third kappa shape index (κ3) is 4.11. The van der Waals surface area contributed by atoms with Crippen LogP contribution in [0.15, 0.2) is 24.3 Å². The van der Waals surface area contributed by atoms with E-state index in [2.05, 4.69) is 10.6 Å². The van der Waals surface area contributed by atoms with Crippen LogP contribution in [0.4, 0.5) is 14.9 Å². The van der Waals surface area contributed by atoms with E-state index in [-0.39, 0.29) is 36.2 Å². The molecule has 1 heterocycles. The number of carbonyl (C=O) groups is 2. The molecule has 1 atom stereocenters. The van der Waals surface area contributed by atoms with Crippen LogP contribution in [0.5, 0.6) is 0 Å².